The number of hydrogen-bond acceptors (Lipinski definition) is 4. The minimum Gasteiger partial charge on any atom is -0.508 e. The Morgan fingerprint density at radius 1 is 0.970 bits per heavy atom. The standard InChI is InChI=1S/C26H19FIN3O2/c27-18-6-11-21-17(14-18)5-12-22-25(21)31-24(16-3-9-20(32)10-4-16)26(29-22)30-23(33)13-15-1-7-19(28)8-2-15/h1-4,6-11,14,32H,5,12-13H2,(H,29,30,33). The molecule has 0 atom stereocenters. The summed E-state index contributed by atoms with van der Waals surface area (Å²) in [7, 11) is 0. The third kappa shape index (κ3) is 4.59. The highest BCUT2D eigenvalue weighted by molar-refractivity contribution is 14.1. The van der Waals surface area contributed by atoms with Gasteiger partial charge in [0.2, 0.25) is 5.91 Å². The summed E-state index contributed by atoms with van der Waals surface area (Å²) >= 11 is 2.23. The number of rotatable bonds is 4. The second-order valence-electron chi connectivity index (χ2n) is 7.92. The van der Waals surface area contributed by atoms with E-state index in [0.29, 0.717) is 35.6 Å². The molecule has 0 fully saturated rings. The van der Waals surface area contributed by atoms with Gasteiger partial charge in [-0.2, -0.15) is 0 Å². The molecule has 33 heavy (non-hydrogen) atoms. The molecule has 5 nitrogen and oxygen atoms in total. The van der Waals surface area contributed by atoms with Crippen molar-refractivity contribution in [1.82, 2.24) is 9.97 Å². The van der Waals surface area contributed by atoms with E-state index in [-0.39, 0.29) is 23.9 Å². The van der Waals surface area contributed by atoms with Gasteiger partial charge >= 0.3 is 0 Å². The van der Waals surface area contributed by atoms with Gasteiger partial charge in [-0.25, -0.2) is 14.4 Å². The highest BCUT2D eigenvalue weighted by Gasteiger charge is 2.23. The van der Waals surface area contributed by atoms with Crippen LogP contribution in [0.4, 0.5) is 10.2 Å². The van der Waals surface area contributed by atoms with Gasteiger partial charge in [-0.15, -0.1) is 0 Å². The van der Waals surface area contributed by atoms with Crippen molar-refractivity contribution in [1.29, 1.82) is 0 Å². The van der Waals surface area contributed by atoms with Crippen molar-refractivity contribution in [3.8, 4) is 28.3 Å². The zero-order valence-corrected chi connectivity index (χ0v) is 19.6. The van der Waals surface area contributed by atoms with Crippen LogP contribution in [-0.2, 0) is 24.1 Å². The van der Waals surface area contributed by atoms with E-state index < -0.39 is 0 Å². The predicted molar refractivity (Wildman–Crippen MR) is 133 cm³/mol. The van der Waals surface area contributed by atoms with Crippen LogP contribution >= 0.6 is 22.6 Å². The Morgan fingerprint density at radius 3 is 2.48 bits per heavy atom. The van der Waals surface area contributed by atoms with Crippen LogP contribution in [0.15, 0.2) is 66.7 Å². The van der Waals surface area contributed by atoms with Gasteiger partial charge in [0, 0.05) is 14.7 Å². The number of amides is 1. The number of phenolic OH excluding ortho intramolecular Hbond substituents is 1. The lowest BCUT2D eigenvalue weighted by atomic mass is 9.91. The number of halogens is 2. The molecule has 5 rings (SSSR count). The first-order chi connectivity index (χ1) is 16.0. The van der Waals surface area contributed by atoms with Gasteiger partial charge in [-0.1, -0.05) is 12.1 Å². The Balaban J connectivity index is 1.55. The summed E-state index contributed by atoms with van der Waals surface area (Å²) in [5.74, 6) is 0.0439. The largest absolute Gasteiger partial charge is 0.508 e. The van der Waals surface area contributed by atoms with Crippen LogP contribution < -0.4 is 5.32 Å². The Hall–Kier alpha value is -3.33. The summed E-state index contributed by atoms with van der Waals surface area (Å²) in [6.45, 7) is 0. The second kappa shape index (κ2) is 8.90. The maximum atomic E-state index is 13.8. The molecule has 3 aromatic carbocycles. The normalized spacial score (nSPS) is 12.1. The maximum absolute atomic E-state index is 13.8. The molecule has 7 heteroatoms. The molecule has 0 radical (unpaired) electrons. The molecule has 1 heterocycles. The van der Waals surface area contributed by atoms with Crippen LogP contribution in [-0.4, -0.2) is 21.0 Å². The third-order valence-corrected chi connectivity index (χ3v) is 6.32. The molecule has 1 aliphatic rings. The SMILES string of the molecule is O=C(Cc1ccc(I)cc1)Nc1nc2c(nc1-c1ccc(O)cc1)-c1ccc(F)cc1CC2. The van der Waals surface area contributed by atoms with E-state index in [4.69, 9.17) is 9.97 Å². The zero-order valence-electron chi connectivity index (χ0n) is 17.5. The molecule has 164 valence electrons. The number of fused-ring (bicyclic) bond motifs is 3. The van der Waals surface area contributed by atoms with E-state index in [9.17, 15) is 14.3 Å². The van der Waals surface area contributed by atoms with Gasteiger partial charge < -0.3 is 10.4 Å². The average Bonchev–Trinajstić information content (AvgIpc) is 2.80. The highest BCUT2D eigenvalue weighted by atomic mass is 127. The van der Waals surface area contributed by atoms with E-state index in [1.54, 1.807) is 30.3 Å². The second-order valence-corrected chi connectivity index (χ2v) is 9.16. The average molecular weight is 551 g/mol. The first-order valence-electron chi connectivity index (χ1n) is 10.5. The summed E-state index contributed by atoms with van der Waals surface area (Å²) in [4.78, 5) is 22.5. The number of aryl methyl sites for hydroxylation is 2. The molecule has 1 amide bonds. The fraction of sp³-hybridized carbons (Fsp3) is 0.115. The minimum absolute atomic E-state index is 0.134. The van der Waals surface area contributed by atoms with Gasteiger partial charge in [-0.05, 0) is 101 Å². The van der Waals surface area contributed by atoms with E-state index in [0.717, 1.165) is 26.0 Å². The lowest BCUT2D eigenvalue weighted by molar-refractivity contribution is -0.115. The summed E-state index contributed by atoms with van der Waals surface area (Å²) in [5.41, 5.74) is 5.31. The number of hydrogen-bond donors (Lipinski definition) is 2. The lowest BCUT2D eigenvalue weighted by Gasteiger charge is -2.21. The Bertz CT molecular complexity index is 1360. The Labute approximate surface area is 203 Å². The van der Waals surface area contributed by atoms with Crippen LogP contribution in [0, 0.1) is 9.39 Å². The van der Waals surface area contributed by atoms with Crippen molar-refractivity contribution in [2.75, 3.05) is 5.32 Å². The van der Waals surface area contributed by atoms with Crippen molar-refractivity contribution in [3.05, 3.63) is 92.9 Å². The van der Waals surface area contributed by atoms with Crippen LogP contribution in [0.1, 0.15) is 16.8 Å². The van der Waals surface area contributed by atoms with E-state index in [2.05, 4.69) is 27.9 Å². The molecule has 1 aromatic heterocycles. The predicted octanol–water partition coefficient (Wildman–Crippen LogP) is 5.54. The fourth-order valence-corrected chi connectivity index (χ4v) is 4.34. The van der Waals surface area contributed by atoms with Gasteiger partial charge in [-0.3, -0.25) is 4.79 Å². The van der Waals surface area contributed by atoms with E-state index in [1.165, 1.54) is 12.1 Å². The summed E-state index contributed by atoms with van der Waals surface area (Å²) in [6.07, 6.45) is 1.48. The fourth-order valence-electron chi connectivity index (χ4n) is 3.98. The van der Waals surface area contributed by atoms with Gasteiger partial charge in [0.15, 0.2) is 5.82 Å². The molecular weight excluding hydrogens is 532 g/mol. The number of benzene rings is 3. The molecule has 0 saturated carbocycles. The van der Waals surface area contributed by atoms with Crippen LogP contribution in [0.3, 0.4) is 0 Å². The molecule has 0 aliphatic heterocycles. The summed E-state index contributed by atoms with van der Waals surface area (Å²) in [5, 5.41) is 12.6. The Morgan fingerprint density at radius 2 is 1.73 bits per heavy atom. The van der Waals surface area contributed by atoms with E-state index in [1.807, 2.05) is 24.3 Å². The van der Waals surface area contributed by atoms with Crippen molar-refractivity contribution < 1.29 is 14.3 Å². The van der Waals surface area contributed by atoms with Crippen LogP contribution in [0.2, 0.25) is 0 Å². The summed E-state index contributed by atoms with van der Waals surface area (Å²) < 4.78 is 14.9. The topological polar surface area (TPSA) is 75.1 Å². The molecule has 0 bridgehead atoms. The maximum Gasteiger partial charge on any atom is 0.230 e. The number of nitrogens with one attached hydrogen (secondary N) is 1. The lowest BCUT2D eigenvalue weighted by Crippen LogP contribution is -2.19. The minimum atomic E-state index is -0.275. The number of aromatic hydroxyl groups is 1. The first kappa shape index (κ1) is 21.5. The molecule has 0 saturated heterocycles. The van der Waals surface area contributed by atoms with Crippen molar-refractivity contribution >= 4 is 34.3 Å². The number of carbonyl (C=O) groups is 1. The third-order valence-electron chi connectivity index (χ3n) is 5.60. The van der Waals surface area contributed by atoms with Crippen LogP contribution in [0.25, 0.3) is 22.5 Å². The van der Waals surface area contributed by atoms with Gasteiger partial charge in [0.25, 0.3) is 0 Å². The number of nitrogens with zero attached hydrogens (tertiary/aromatic N) is 2. The molecular formula is C26H19FIN3O2. The monoisotopic (exact) mass is 551 g/mol. The van der Waals surface area contributed by atoms with Gasteiger partial charge in [0.1, 0.15) is 17.3 Å². The molecule has 4 aromatic rings. The number of carbonyl (C=O) groups excluding carboxylic acids is 1. The molecule has 0 unspecified atom stereocenters. The molecule has 1 aliphatic carbocycles. The summed E-state index contributed by atoms with van der Waals surface area (Å²) in [6, 6.07) is 19.1. The molecule has 2 N–H and O–H groups in total. The van der Waals surface area contributed by atoms with Crippen LogP contribution in [0.5, 0.6) is 5.75 Å². The molecule has 0 spiro atoms. The Kier molecular flexibility index (Phi) is 5.80. The van der Waals surface area contributed by atoms with Crippen molar-refractivity contribution in [2.24, 2.45) is 0 Å². The van der Waals surface area contributed by atoms with Crippen molar-refractivity contribution in [3.63, 3.8) is 0 Å². The van der Waals surface area contributed by atoms with Gasteiger partial charge in [0.05, 0.1) is 17.8 Å². The zero-order chi connectivity index (χ0) is 22.9. The quantitative estimate of drug-likeness (QED) is 0.327. The smallest absolute Gasteiger partial charge is 0.230 e. The van der Waals surface area contributed by atoms with Crippen molar-refractivity contribution in [2.45, 2.75) is 19.3 Å². The highest BCUT2D eigenvalue weighted by Crippen LogP contribution is 2.36. The number of aromatic nitrogens is 2. The number of anilines is 1. The van der Waals surface area contributed by atoms with E-state index >= 15 is 0 Å². The first-order valence-corrected chi connectivity index (χ1v) is 11.6. The number of phenols is 1.